The molecule has 0 saturated carbocycles. The van der Waals surface area contributed by atoms with E-state index in [0.29, 0.717) is 12.1 Å². The molecule has 0 unspecified atom stereocenters. The van der Waals surface area contributed by atoms with Crippen LogP contribution in [-0.2, 0) is 0 Å². The molecule has 0 fully saturated rings. The van der Waals surface area contributed by atoms with Gasteiger partial charge in [-0.15, -0.1) is 0 Å². The molecule has 0 saturated heterocycles. The molecule has 5 rings (SSSR count). The van der Waals surface area contributed by atoms with Crippen LogP contribution in [0.5, 0.6) is 0 Å². The summed E-state index contributed by atoms with van der Waals surface area (Å²) < 4.78 is 3.16. The molecule has 7 nitrogen and oxygen atoms in total. The Morgan fingerprint density at radius 3 is 2.62 bits per heavy atom. The number of hydrogen-bond donors (Lipinski definition) is 2. The van der Waals surface area contributed by atoms with E-state index in [-0.39, 0.29) is 5.91 Å². The molecule has 0 aliphatic carbocycles. The normalized spacial score (nSPS) is 11.6. The van der Waals surface area contributed by atoms with Gasteiger partial charge in [0.1, 0.15) is 0 Å². The van der Waals surface area contributed by atoms with Gasteiger partial charge in [0.15, 0.2) is 4.96 Å². The quantitative estimate of drug-likeness (QED) is 0.294. The number of fused-ring (bicyclic) bond motifs is 3. The van der Waals surface area contributed by atoms with E-state index in [0.717, 1.165) is 63.7 Å². The summed E-state index contributed by atoms with van der Waals surface area (Å²) in [4.78, 5) is 20.7. The van der Waals surface area contributed by atoms with Gasteiger partial charge >= 0.3 is 0 Å². The van der Waals surface area contributed by atoms with Crippen molar-refractivity contribution >= 4 is 32.4 Å². The summed E-state index contributed by atoms with van der Waals surface area (Å²) in [5, 5.41) is 10.0. The summed E-state index contributed by atoms with van der Waals surface area (Å²) >= 11 is 1.60. The van der Waals surface area contributed by atoms with Gasteiger partial charge in [-0.3, -0.25) is 14.3 Å². The fourth-order valence-electron chi connectivity index (χ4n) is 4.17. The molecular weight excluding hydrogens is 444 g/mol. The van der Waals surface area contributed by atoms with Crippen molar-refractivity contribution < 1.29 is 4.79 Å². The van der Waals surface area contributed by atoms with E-state index in [1.807, 2.05) is 24.3 Å². The number of aromatic amines is 1. The van der Waals surface area contributed by atoms with Crippen molar-refractivity contribution in [2.24, 2.45) is 0 Å². The van der Waals surface area contributed by atoms with Gasteiger partial charge in [-0.1, -0.05) is 49.4 Å². The first-order valence-electron chi connectivity index (χ1n) is 11.7. The zero-order valence-corrected chi connectivity index (χ0v) is 20.2. The van der Waals surface area contributed by atoms with Gasteiger partial charge in [-0.2, -0.15) is 5.10 Å². The second-order valence-corrected chi connectivity index (χ2v) is 9.26. The summed E-state index contributed by atoms with van der Waals surface area (Å²) in [6.07, 6.45) is 4.76. The maximum Gasteiger partial charge on any atom is 0.251 e. The van der Waals surface area contributed by atoms with Crippen molar-refractivity contribution in [1.29, 1.82) is 0 Å². The molecule has 2 aromatic carbocycles. The Morgan fingerprint density at radius 2 is 1.88 bits per heavy atom. The standard InChI is InChI=1S/C26H28N6OS/c1-3-31(4-2)15-5-13-27-25(33)20-10-11-23-24(16-20)34-26-29-22(17-32(23)26)19-8-6-18(7-9-19)21-12-14-28-30-21/h6-12,14,16-17H,3-5,13,15H2,1-2H3,(H,27,33)(H,28,30). The van der Waals surface area contributed by atoms with Crippen molar-refractivity contribution in [3.8, 4) is 22.5 Å². The number of imidazole rings is 1. The van der Waals surface area contributed by atoms with Crippen LogP contribution in [0.15, 0.2) is 60.9 Å². The molecule has 3 aromatic heterocycles. The van der Waals surface area contributed by atoms with Crippen molar-refractivity contribution in [1.82, 2.24) is 29.8 Å². The second-order valence-electron chi connectivity index (χ2n) is 8.25. The molecule has 8 heteroatoms. The SMILES string of the molecule is CCN(CC)CCCNC(=O)c1ccc2c(c1)sc1nc(-c3ccc(-c4ccn[nH]4)cc3)cn12. The van der Waals surface area contributed by atoms with Gasteiger partial charge in [0.25, 0.3) is 5.91 Å². The first kappa shape index (κ1) is 22.3. The van der Waals surface area contributed by atoms with Gasteiger partial charge in [-0.05, 0) is 55.9 Å². The summed E-state index contributed by atoms with van der Waals surface area (Å²) in [6, 6.07) is 16.1. The lowest BCUT2D eigenvalue weighted by Gasteiger charge is -2.17. The molecule has 5 aromatic rings. The van der Waals surface area contributed by atoms with Crippen LogP contribution in [0.25, 0.3) is 37.7 Å². The highest BCUT2D eigenvalue weighted by atomic mass is 32.1. The Hall–Kier alpha value is -3.49. The Kier molecular flexibility index (Phi) is 6.42. The van der Waals surface area contributed by atoms with Gasteiger partial charge in [0, 0.05) is 30.1 Å². The number of hydrogen-bond acceptors (Lipinski definition) is 5. The van der Waals surface area contributed by atoms with Crippen LogP contribution in [0.1, 0.15) is 30.6 Å². The van der Waals surface area contributed by atoms with Gasteiger partial charge in [0.05, 0.1) is 21.6 Å². The van der Waals surface area contributed by atoms with Crippen LogP contribution >= 0.6 is 11.3 Å². The van der Waals surface area contributed by atoms with E-state index in [2.05, 4.69) is 69.1 Å². The Bertz CT molecular complexity index is 1400. The van der Waals surface area contributed by atoms with Crippen molar-refractivity contribution in [2.45, 2.75) is 20.3 Å². The third-order valence-electron chi connectivity index (χ3n) is 6.18. The number of carbonyl (C=O) groups is 1. The molecule has 0 atom stereocenters. The molecule has 2 N–H and O–H groups in total. The number of thiazole rings is 1. The fourth-order valence-corrected chi connectivity index (χ4v) is 5.21. The molecular formula is C26H28N6OS. The van der Waals surface area contributed by atoms with Crippen molar-refractivity contribution in [2.75, 3.05) is 26.2 Å². The molecule has 0 aliphatic heterocycles. The zero-order chi connectivity index (χ0) is 23.5. The summed E-state index contributed by atoms with van der Waals surface area (Å²) in [5.41, 5.74) is 5.83. The first-order valence-corrected chi connectivity index (χ1v) is 12.5. The lowest BCUT2D eigenvalue weighted by atomic mass is 10.1. The average Bonchev–Trinajstić information content (AvgIpc) is 3.60. The Labute approximate surface area is 202 Å². The van der Waals surface area contributed by atoms with Gasteiger partial charge in [0.2, 0.25) is 0 Å². The van der Waals surface area contributed by atoms with Crippen LogP contribution in [0.2, 0.25) is 0 Å². The maximum absolute atomic E-state index is 12.6. The van der Waals surface area contributed by atoms with Gasteiger partial charge < -0.3 is 10.2 Å². The Balaban J connectivity index is 1.30. The van der Waals surface area contributed by atoms with E-state index in [4.69, 9.17) is 4.98 Å². The molecule has 1 amide bonds. The van der Waals surface area contributed by atoms with E-state index in [9.17, 15) is 4.79 Å². The van der Waals surface area contributed by atoms with Crippen LogP contribution in [0.4, 0.5) is 0 Å². The fraction of sp³-hybridized carbons (Fsp3) is 0.269. The molecule has 0 aliphatic rings. The predicted molar refractivity (Wildman–Crippen MR) is 138 cm³/mol. The summed E-state index contributed by atoms with van der Waals surface area (Å²) in [7, 11) is 0. The number of rotatable bonds is 9. The van der Waals surface area contributed by atoms with Gasteiger partial charge in [-0.25, -0.2) is 4.98 Å². The minimum Gasteiger partial charge on any atom is -0.352 e. The largest absolute Gasteiger partial charge is 0.352 e. The maximum atomic E-state index is 12.6. The van der Waals surface area contributed by atoms with E-state index in [1.165, 1.54) is 0 Å². The smallest absolute Gasteiger partial charge is 0.251 e. The number of nitrogens with zero attached hydrogens (tertiary/aromatic N) is 4. The second kappa shape index (κ2) is 9.79. The first-order chi connectivity index (χ1) is 16.7. The van der Waals surface area contributed by atoms with Crippen molar-refractivity contribution in [3.05, 3.63) is 66.5 Å². The summed E-state index contributed by atoms with van der Waals surface area (Å²) in [6.45, 7) is 8.10. The Morgan fingerprint density at radius 1 is 1.09 bits per heavy atom. The zero-order valence-electron chi connectivity index (χ0n) is 19.4. The van der Waals surface area contributed by atoms with Crippen molar-refractivity contribution in [3.63, 3.8) is 0 Å². The molecule has 174 valence electrons. The third kappa shape index (κ3) is 4.47. The minimum atomic E-state index is -0.0227. The van der Waals surface area contributed by atoms with E-state index < -0.39 is 0 Å². The average molecular weight is 473 g/mol. The predicted octanol–water partition coefficient (Wildman–Crippen LogP) is 5.07. The number of aromatic nitrogens is 4. The van der Waals surface area contributed by atoms with E-state index in [1.54, 1.807) is 17.5 Å². The molecule has 34 heavy (non-hydrogen) atoms. The third-order valence-corrected chi connectivity index (χ3v) is 7.20. The monoisotopic (exact) mass is 472 g/mol. The minimum absolute atomic E-state index is 0.0227. The molecule has 3 heterocycles. The molecule has 0 radical (unpaired) electrons. The number of nitrogens with one attached hydrogen (secondary N) is 2. The molecule has 0 spiro atoms. The number of H-pyrrole nitrogens is 1. The highest BCUT2D eigenvalue weighted by molar-refractivity contribution is 7.23. The number of benzene rings is 2. The van der Waals surface area contributed by atoms with Crippen LogP contribution in [0, 0.1) is 0 Å². The number of carbonyl (C=O) groups excluding carboxylic acids is 1. The highest BCUT2D eigenvalue weighted by Crippen LogP contribution is 2.31. The lowest BCUT2D eigenvalue weighted by Crippen LogP contribution is -2.29. The summed E-state index contributed by atoms with van der Waals surface area (Å²) in [5.74, 6) is -0.0227. The van der Waals surface area contributed by atoms with E-state index >= 15 is 0 Å². The highest BCUT2D eigenvalue weighted by Gasteiger charge is 2.13. The van der Waals surface area contributed by atoms with Crippen LogP contribution in [-0.4, -0.2) is 56.6 Å². The van der Waals surface area contributed by atoms with Crippen LogP contribution < -0.4 is 5.32 Å². The topological polar surface area (TPSA) is 78.3 Å². The molecule has 0 bridgehead atoms. The number of amides is 1. The van der Waals surface area contributed by atoms with Crippen LogP contribution in [0.3, 0.4) is 0 Å². The lowest BCUT2D eigenvalue weighted by molar-refractivity contribution is 0.0952.